The van der Waals surface area contributed by atoms with Crippen LogP contribution in [0.5, 0.6) is 0 Å². The van der Waals surface area contributed by atoms with Crippen molar-refractivity contribution in [2.75, 3.05) is 5.75 Å². The van der Waals surface area contributed by atoms with Crippen LogP contribution in [0.1, 0.15) is 25.2 Å². The first kappa shape index (κ1) is 15.3. The van der Waals surface area contributed by atoms with Crippen molar-refractivity contribution < 1.29 is 4.79 Å². The van der Waals surface area contributed by atoms with E-state index >= 15 is 0 Å². The lowest BCUT2D eigenvalue weighted by Gasteiger charge is -2.06. The van der Waals surface area contributed by atoms with Crippen molar-refractivity contribution >= 4 is 29.8 Å². The molecule has 2 N–H and O–H groups in total. The molecule has 0 aliphatic heterocycles. The van der Waals surface area contributed by atoms with Gasteiger partial charge >= 0.3 is 0 Å². The van der Waals surface area contributed by atoms with Crippen molar-refractivity contribution in [3.63, 3.8) is 0 Å². The normalized spacial score (nSPS) is 11.2. The van der Waals surface area contributed by atoms with Gasteiger partial charge in [0.25, 0.3) is 0 Å². The van der Waals surface area contributed by atoms with E-state index in [1.807, 2.05) is 56.3 Å². The molecule has 1 amide bonds. The summed E-state index contributed by atoms with van der Waals surface area (Å²) < 4.78 is 0. The van der Waals surface area contributed by atoms with Crippen LogP contribution in [0.15, 0.2) is 35.5 Å². The number of benzene rings is 1. The van der Waals surface area contributed by atoms with E-state index in [1.54, 1.807) is 0 Å². The summed E-state index contributed by atoms with van der Waals surface area (Å²) in [5.41, 5.74) is 1.10. The summed E-state index contributed by atoms with van der Waals surface area (Å²) in [6.07, 6.45) is 3.82. The van der Waals surface area contributed by atoms with Crippen LogP contribution in [0, 0.1) is 0 Å². The van der Waals surface area contributed by atoms with Crippen LogP contribution in [0.4, 0.5) is 0 Å². The summed E-state index contributed by atoms with van der Waals surface area (Å²) in [4.78, 5) is 15.8. The fraction of sp³-hybridized carbons (Fsp3) is 0.267. The van der Waals surface area contributed by atoms with Gasteiger partial charge in [0, 0.05) is 6.04 Å². The van der Waals surface area contributed by atoms with E-state index in [4.69, 9.17) is 0 Å². The monoisotopic (exact) mass is 302 g/mol. The molecule has 2 rings (SSSR count). The van der Waals surface area contributed by atoms with Gasteiger partial charge in [-0.15, -0.1) is 5.10 Å². The number of aromatic nitrogens is 3. The molecule has 0 bridgehead atoms. The zero-order valence-electron chi connectivity index (χ0n) is 12.0. The van der Waals surface area contributed by atoms with Gasteiger partial charge in [-0.05, 0) is 25.5 Å². The third-order valence-corrected chi connectivity index (χ3v) is 3.34. The van der Waals surface area contributed by atoms with Gasteiger partial charge in [0.05, 0.1) is 5.75 Å². The number of carbonyl (C=O) groups excluding carboxylic acids is 1. The SMILES string of the molecule is CC(C)NC(=O)CSc1n[nH]c(/C=C/c2ccccc2)n1. The molecule has 0 atom stereocenters. The molecule has 0 saturated carbocycles. The number of rotatable bonds is 6. The Balaban J connectivity index is 1.87. The molecular weight excluding hydrogens is 284 g/mol. The lowest BCUT2D eigenvalue weighted by Crippen LogP contribution is -2.31. The maximum atomic E-state index is 11.5. The number of hydrogen-bond acceptors (Lipinski definition) is 4. The average molecular weight is 302 g/mol. The van der Waals surface area contributed by atoms with Gasteiger partial charge in [-0.25, -0.2) is 4.98 Å². The first-order valence-corrected chi connectivity index (χ1v) is 7.70. The minimum atomic E-state index is -0.0128. The summed E-state index contributed by atoms with van der Waals surface area (Å²) in [7, 11) is 0. The summed E-state index contributed by atoms with van der Waals surface area (Å²) >= 11 is 1.31. The van der Waals surface area contributed by atoms with Gasteiger partial charge in [-0.2, -0.15) is 0 Å². The predicted octanol–water partition coefficient (Wildman–Crippen LogP) is 2.59. The van der Waals surface area contributed by atoms with Crippen LogP contribution in [0.2, 0.25) is 0 Å². The fourth-order valence-electron chi connectivity index (χ4n) is 1.63. The molecule has 1 aromatic carbocycles. The first-order chi connectivity index (χ1) is 10.1. The quantitative estimate of drug-likeness (QED) is 0.805. The predicted molar refractivity (Wildman–Crippen MR) is 85.8 cm³/mol. The molecule has 2 aromatic rings. The maximum absolute atomic E-state index is 11.5. The number of carbonyl (C=O) groups is 1. The Morgan fingerprint density at radius 2 is 2.10 bits per heavy atom. The molecule has 5 nitrogen and oxygen atoms in total. The van der Waals surface area contributed by atoms with E-state index in [2.05, 4.69) is 20.5 Å². The lowest BCUT2D eigenvalue weighted by atomic mass is 10.2. The van der Waals surface area contributed by atoms with Crippen molar-refractivity contribution in [1.82, 2.24) is 20.5 Å². The van der Waals surface area contributed by atoms with E-state index in [0.717, 1.165) is 5.56 Å². The molecule has 1 heterocycles. The highest BCUT2D eigenvalue weighted by Gasteiger charge is 2.07. The molecule has 0 aliphatic carbocycles. The van der Waals surface area contributed by atoms with Gasteiger partial charge < -0.3 is 5.32 Å². The molecule has 0 spiro atoms. The highest BCUT2D eigenvalue weighted by molar-refractivity contribution is 7.99. The smallest absolute Gasteiger partial charge is 0.230 e. The second-order valence-electron chi connectivity index (χ2n) is 4.76. The van der Waals surface area contributed by atoms with Crippen LogP contribution in [-0.2, 0) is 4.79 Å². The number of H-pyrrole nitrogens is 1. The zero-order chi connectivity index (χ0) is 15.1. The molecule has 0 radical (unpaired) electrons. The van der Waals surface area contributed by atoms with Gasteiger partial charge in [0.2, 0.25) is 11.1 Å². The molecule has 0 saturated heterocycles. The second kappa shape index (κ2) is 7.64. The Hall–Kier alpha value is -2.08. The third-order valence-electron chi connectivity index (χ3n) is 2.50. The van der Waals surface area contributed by atoms with Crippen molar-refractivity contribution in [1.29, 1.82) is 0 Å². The molecule has 1 aromatic heterocycles. The van der Waals surface area contributed by atoms with Crippen LogP contribution < -0.4 is 5.32 Å². The maximum Gasteiger partial charge on any atom is 0.230 e. The van der Waals surface area contributed by atoms with Crippen molar-refractivity contribution in [3.8, 4) is 0 Å². The standard InChI is InChI=1S/C15H18N4OS/c1-11(2)16-14(20)10-21-15-17-13(18-19-15)9-8-12-6-4-3-5-7-12/h3-9,11H,10H2,1-2H3,(H,16,20)(H,17,18,19)/b9-8+. The highest BCUT2D eigenvalue weighted by Crippen LogP contribution is 2.13. The summed E-state index contributed by atoms with van der Waals surface area (Å²) in [5, 5.41) is 10.3. The van der Waals surface area contributed by atoms with Crippen LogP contribution in [0.3, 0.4) is 0 Å². The number of amides is 1. The van der Waals surface area contributed by atoms with Crippen LogP contribution in [0.25, 0.3) is 12.2 Å². The third kappa shape index (κ3) is 5.43. The molecular formula is C15H18N4OS. The molecule has 0 aliphatic rings. The van der Waals surface area contributed by atoms with Gasteiger partial charge in [-0.3, -0.25) is 9.89 Å². The minimum Gasteiger partial charge on any atom is -0.353 e. The summed E-state index contributed by atoms with van der Waals surface area (Å²) in [6.45, 7) is 3.86. The Kier molecular flexibility index (Phi) is 5.57. The molecule has 110 valence electrons. The number of aromatic amines is 1. The molecule has 21 heavy (non-hydrogen) atoms. The topological polar surface area (TPSA) is 70.7 Å². The number of thioether (sulfide) groups is 1. The Morgan fingerprint density at radius 3 is 2.81 bits per heavy atom. The van der Waals surface area contributed by atoms with E-state index in [1.165, 1.54) is 11.8 Å². The molecule has 6 heteroatoms. The minimum absolute atomic E-state index is 0.0128. The van der Waals surface area contributed by atoms with E-state index < -0.39 is 0 Å². The summed E-state index contributed by atoms with van der Waals surface area (Å²) in [5.74, 6) is 0.976. The van der Waals surface area contributed by atoms with Crippen LogP contribution in [-0.4, -0.2) is 32.9 Å². The van der Waals surface area contributed by atoms with E-state index in [9.17, 15) is 4.79 Å². The van der Waals surface area contributed by atoms with Crippen LogP contribution >= 0.6 is 11.8 Å². The molecule has 0 unspecified atom stereocenters. The van der Waals surface area contributed by atoms with Gasteiger partial charge in [0.15, 0.2) is 0 Å². The second-order valence-corrected chi connectivity index (χ2v) is 5.70. The van der Waals surface area contributed by atoms with E-state index in [-0.39, 0.29) is 11.9 Å². The lowest BCUT2D eigenvalue weighted by molar-refractivity contribution is -0.119. The molecule has 0 fully saturated rings. The average Bonchev–Trinajstić information content (AvgIpc) is 2.91. The summed E-state index contributed by atoms with van der Waals surface area (Å²) in [6, 6.07) is 10.1. The van der Waals surface area contributed by atoms with Crippen molar-refractivity contribution in [2.24, 2.45) is 0 Å². The van der Waals surface area contributed by atoms with Gasteiger partial charge in [-0.1, -0.05) is 48.2 Å². The van der Waals surface area contributed by atoms with E-state index in [0.29, 0.717) is 16.7 Å². The largest absolute Gasteiger partial charge is 0.353 e. The Bertz CT molecular complexity index is 607. The number of hydrogen-bond donors (Lipinski definition) is 2. The van der Waals surface area contributed by atoms with Crippen molar-refractivity contribution in [3.05, 3.63) is 41.7 Å². The zero-order valence-corrected chi connectivity index (χ0v) is 12.9. The number of nitrogens with zero attached hydrogens (tertiary/aromatic N) is 2. The highest BCUT2D eigenvalue weighted by atomic mass is 32.2. The van der Waals surface area contributed by atoms with Crippen molar-refractivity contribution in [2.45, 2.75) is 25.0 Å². The first-order valence-electron chi connectivity index (χ1n) is 6.71. The Morgan fingerprint density at radius 1 is 1.33 bits per heavy atom. The Labute approximate surface area is 128 Å². The number of nitrogens with one attached hydrogen (secondary N) is 2. The fourth-order valence-corrected chi connectivity index (χ4v) is 2.25. The van der Waals surface area contributed by atoms with Gasteiger partial charge in [0.1, 0.15) is 5.82 Å².